The molecule has 5 heteroatoms. The van der Waals surface area contributed by atoms with Crippen LogP contribution in [0.4, 0.5) is 0 Å². The van der Waals surface area contributed by atoms with E-state index in [-0.39, 0.29) is 0 Å². The topological polar surface area (TPSA) is 31.4 Å². The van der Waals surface area contributed by atoms with Crippen molar-refractivity contribution < 1.29 is 9.47 Å². The molecule has 1 fully saturated rings. The second kappa shape index (κ2) is 6.57. The average molecular weight is 321 g/mol. The molecule has 0 bridgehead atoms. The van der Waals surface area contributed by atoms with Crippen LogP contribution in [0.15, 0.2) is 16.7 Å². The second-order valence-corrected chi connectivity index (χ2v) is 5.30. The van der Waals surface area contributed by atoms with Gasteiger partial charge in [-0.15, -0.1) is 11.6 Å². The number of ether oxygens (including phenoxy) is 2. The highest BCUT2D eigenvalue weighted by Crippen LogP contribution is 2.23. The fourth-order valence-electron chi connectivity index (χ4n) is 1.80. The molecule has 0 amide bonds. The van der Waals surface area contributed by atoms with E-state index in [1.807, 2.05) is 6.07 Å². The van der Waals surface area contributed by atoms with Gasteiger partial charge in [0.1, 0.15) is 0 Å². The van der Waals surface area contributed by atoms with Crippen LogP contribution < -0.4 is 4.74 Å². The molecule has 1 aliphatic rings. The largest absolute Gasteiger partial charge is 0.477 e. The standard InChI is InChI=1S/C12H15BrClNO2/c13-11-5-10(6-14)12(15-7-11)17-8-9-1-3-16-4-2-9/h5,7,9H,1-4,6,8H2. The Bertz CT molecular complexity index is 370. The van der Waals surface area contributed by atoms with Gasteiger partial charge in [0.05, 0.1) is 12.5 Å². The van der Waals surface area contributed by atoms with Crippen molar-refractivity contribution in [2.45, 2.75) is 18.7 Å². The summed E-state index contributed by atoms with van der Waals surface area (Å²) < 4.78 is 12.0. The van der Waals surface area contributed by atoms with Crippen molar-refractivity contribution in [2.75, 3.05) is 19.8 Å². The molecule has 0 atom stereocenters. The van der Waals surface area contributed by atoms with Gasteiger partial charge in [0.2, 0.25) is 5.88 Å². The number of hydrogen-bond donors (Lipinski definition) is 0. The maximum Gasteiger partial charge on any atom is 0.217 e. The fraction of sp³-hybridized carbons (Fsp3) is 0.583. The van der Waals surface area contributed by atoms with E-state index in [2.05, 4.69) is 20.9 Å². The molecule has 0 aliphatic carbocycles. The number of rotatable bonds is 4. The minimum Gasteiger partial charge on any atom is -0.477 e. The van der Waals surface area contributed by atoms with Crippen LogP contribution in [0.2, 0.25) is 0 Å². The maximum atomic E-state index is 5.86. The lowest BCUT2D eigenvalue weighted by Crippen LogP contribution is -2.21. The molecule has 94 valence electrons. The highest BCUT2D eigenvalue weighted by Gasteiger charge is 2.15. The van der Waals surface area contributed by atoms with Gasteiger partial charge in [-0.25, -0.2) is 4.98 Å². The Morgan fingerprint density at radius 3 is 2.94 bits per heavy atom. The van der Waals surface area contributed by atoms with E-state index in [4.69, 9.17) is 21.1 Å². The van der Waals surface area contributed by atoms with E-state index in [0.29, 0.717) is 24.3 Å². The van der Waals surface area contributed by atoms with Gasteiger partial charge < -0.3 is 9.47 Å². The van der Waals surface area contributed by atoms with Gasteiger partial charge >= 0.3 is 0 Å². The van der Waals surface area contributed by atoms with Crippen LogP contribution in [-0.2, 0) is 10.6 Å². The van der Waals surface area contributed by atoms with Gasteiger partial charge in [-0.05, 0) is 40.8 Å². The second-order valence-electron chi connectivity index (χ2n) is 4.12. The first kappa shape index (κ1) is 13.1. The first-order valence-electron chi connectivity index (χ1n) is 5.70. The molecule has 0 unspecified atom stereocenters. The minimum absolute atomic E-state index is 0.412. The van der Waals surface area contributed by atoms with Crippen molar-refractivity contribution in [1.82, 2.24) is 4.98 Å². The number of halogens is 2. The van der Waals surface area contributed by atoms with Gasteiger partial charge in [-0.3, -0.25) is 0 Å². The fourth-order valence-corrected chi connectivity index (χ4v) is 2.37. The number of nitrogens with zero attached hydrogens (tertiary/aromatic N) is 1. The molecule has 3 nitrogen and oxygen atoms in total. The van der Waals surface area contributed by atoms with Crippen LogP contribution in [0.25, 0.3) is 0 Å². The normalized spacial score (nSPS) is 17.1. The molecule has 2 heterocycles. The summed E-state index contributed by atoms with van der Waals surface area (Å²) in [5, 5.41) is 0. The van der Waals surface area contributed by atoms with E-state index < -0.39 is 0 Å². The maximum absolute atomic E-state index is 5.86. The summed E-state index contributed by atoms with van der Waals surface area (Å²) in [6.07, 6.45) is 3.86. The Morgan fingerprint density at radius 1 is 1.47 bits per heavy atom. The molecular weight excluding hydrogens is 305 g/mol. The first-order chi connectivity index (χ1) is 8.29. The van der Waals surface area contributed by atoms with Crippen LogP contribution >= 0.6 is 27.5 Å². The van der Waals surface area contributed by atoms with Crippen molar-refractivity contribution in [1.29, 1.82) is 0 Å². The number of alkyl halides is 1. The third kappa shape index (κ3) is 3.83. The zero-order valence-electron chi connectivity index (χ0n) is 9.49. The van der Waals surface area contributed by atoms with Crippen molar-refractivity contribution in [3.05, 3.63) is 22.3 Å². The Labute approximate surface area is 115 Å². The van der Waals surface area contributed by atoms with Crippen LogP contribution in [0, 0.1) is 5.92 Å². The van der Waals surface area contributed by atoms with Crippen LogP contribution in [0.1, 0.15) is 18.4 Å². The summed E-state index contributed by atoms with van der Waals surface area (Å²) in [7, 11) is 0. The van der Waals surface area contributed by atoms with Crippen molar-refractivity contribution >= 4 is 27.5 Å². The lowest BCUT2D eigenvalue weighted by Gasteiger charge is -2.22. The lowest BCUT2D eigenvalue weighted by atomic mass is 10.0. The highest BCUT2D eigenvalue weighted by atomic mass is 79.9. The molecule has 0 aromatic carbocycles. The Kier molecular flexibility index (Phi) is 5.07. The van der Waals surface area contributed by atoms with Gasteiger partial charge in [0, 0.05) is 29.4 Å². The van der Waals surface area contributed by atoms with E-state index in [1.54, 1.807) is 6.20 Å². The predicted molar refractivity (Wildman–Crippen MR) is 70.5 cm³/mol. The molecule has 0 radical (unpaired) electrons. The average Bonchev–Trinajstić information content (AvgIpc) is 2.38. The highest BCUT2D eigenvalue weighted by molar-refractivity contribution is 9.10. The minimum atomic E-state index is 0.412. The van der Waals surface area contributed by atoms with Gasteiger partial charge in [-0.2, -0.15) is 0 Å². The summed E-state index contributed by atoms with van der Waals surface area (Å²) in [6, 6.07) is 1.94. The molecule has 0 spiro atoms. The van der Waals surface area contributed by atoms with Gasteiger partial charge in [0.15, 0.2) is 0 Å². The van der Waals surface area contributed by atoms with E-state index in [0.717, 1.165) is 36.1 Å². The predicted octanol–water partition coefficient (Wildman–Crippen LogP) is 3.39. The molecule has 1 saturated heterocycles. The zero-order valence-corrected chi connectivity index (χ0v) is 11.8. The van der Waals surface area contributed by atoms with Gasteiger partial charge in [-0.1, -0.05) is 0 Å². The number of pyridine rings is 1. The zero-order chi connectivity index (χ0) is 12.1. The van der Waals surface area contributed by atoms with Crippen molar-refractivity contribution in [2.24, 2.45) is 5.92 Å². The molecule has 2 rings (SSSR count). The Hall–Kier alpha value is -0.320. The molecule has 0 saturated carbocycles. The molecule has 0 N–H and O–H groups in total. The van der Waals surface area contributed by atoms with Crippen LogP contribution in [-0.4, -0.2) is 24.8 Å². The summed E-state index contributed by atoms with van der Waals surface area (Å²) >= 11 is 9.24. The summed E-state index contributed by atoms with van der Waals surface area (Å²) in [5.74, 6) is 1.63. The molecule has 17 heavy (non-hydrogen) atoms. The van der Waals surface area contributed by atoms with E-state index >= 15 is 0 Å². The van der Waals surface area contributed by atoms with Gasteiger partial charge in [0.25, 0.3) is 0 Å². The summed E-state index contributed by atoms with van der Waals surface area (Å²) in [5.41, 5.74) is 0.924. The first-order valence-corrected chi connectivity index (χ1v) is 7.03. The van der Waals surface area contributed by atoms with E-state index in [1.165, 1.54) is 0 Å². The number of hydrogen-bond acceptors (Lipinski definition) is 3. The summed E-state index contributed by atoms with van der Waals surface area (Å²) in [6.45, 7) is 2.37. The third-order valence-electron chi connectivity index (χ3n) is 2.83. The van der Waals surface area contributed by atoms with Crippen LogP contribution in [0.5, 0.6) is 5.88 Å². The smallest absolute Gasteiger partial charge is 0.217 e. The van der Waals surface area contributed by atoms with E-state index in [9.17, 15) is 0 Å². The molecule has 1 aliphatic heterocycles. The van der Waals surface area contributed by atoms with Crippen LogP contribution in [0.3, 0.4) is 0 Å². The van der Waals surface area contributed by atoms with Crippen molar-refractivity contribution in [3.8, 4) is 5.88 Å². The monoisotopic (exact) mass is 319 g/mol. The Morgan fingerprint density at radius 2 is 2.24 bits per heavy atom. The molecule has 1 aromatic rings. The molecule has 1 aromatic heterocycles. The van der Waals surface area contributed by atoms with Crippen molar-refractivity contribution in [3.63, 3.8) is 0 Å². The Balaban J connectivity index is 1.93. The number of aromatic nitrogens is 1. The third-order valence-corrected chi connectivity index (χ3v) is 3.55. The summed E-state index contributed by atoms with van der Waals surface area (Å²) in [4.78, 5) is 4.25. The molecular formula is C12H15BrClNO2. The lowest BCUT2D eigenvalue weighted by molar-refractivity contribution is 0.0489. The quantitative estimate of drug-likeness (QED) is 0.797. The SMILES string of the molecule is ClCc1cc(Br)cnc1OCC1CCOCC1.